The van der Waals surface area contributed by atoms with Gasteiger partial charge in [-0.2, -0.15) is 0 Å². The molecule has 31 heavy (non-hydrogen) atoms. The predicted octanol–water partition coefficient (Wildman–Crippen LogP) is 3.59. The fraction of sp³-hybridized carbons (Fsp3) is 0.417. The second-order valence-corrected chi connectivity index (χ2v) is 8.34. The molecule has 6 nitrogen and oxygen atoms in total. The van der Waals surface area contributed by atoms with Crippen molar-refractivity contribution in [2.24, 2.45) is 0 Å². The zero-order chi connectivity index (χ0) is 21.8. The number of halogens is 1. The number of hydrogen-bond acceptors (Lipinski definition) is 4. The number of benzene rings is 2. The molecule has 2 bridgehead atoms. The lowest BCUT2D eigenvalue weighted by Crippen LogP contribution is -2.58. The summed E-state index contributed by atoms with van der Waals surface area (Å²) < 4.78 is 18.3. The van der Waals surface area contributed by atoms with Gasteiger partial charge in [-0.1, -0.05) is 12.5 Å². The molecule has 2 fully saturated rings. The summed E-state index contributed by atoms with van der Waals surface area (Å²) in [4.78, 5) is 27.6. The average Bonchev–Trinajstić information content (AvgIpc) is 2.76. The van der Waals surface area contributed by atoms with E-state index in [2.05, 4.69) is 15.5 Å². The van der Waals surface area contributed by atoms with Crippen molar-refractivity contribution in [3.63, 3.8) is 0 Å². The zero-order valence-electron chi connectivity index (χ0n) is 17.6. The summed E-state index contributed by atoms with van der Waals surface area (Å²) in [7, 11) is 1.58. The number of amides is 2. The van der Waals surface area contributed by atoms with Crippen molar-refractivity contribution < 1.29 is 18.7 Å². The zero-order valence-corrected chi connectivity index (χ0v) is 17.6. The summed E-state index contributed by atoms with van der Waals surface area (Å²) in [6, 6.07) is 13.6. The highest BCUT2D eigenvalue weighted by Gasteiger charge is 2.39. The van der Waals surface area contributed by atoms with Gasteiger partial charge in [-0.3, -0.25) is 14.5 Å². The molecule has 2 heterocycles. The Labute approximate surface area is 181 Å². The van der Waals surface area contributed by atoms with Gasteiger partial charge in [-0.05, 0) is 68.1 Å². The summed E-state index contributed by atoms with van der Waals surface area (Å²) in [5, 5.41) is 6.03. The minimum absolute atomic E-state index is 0.0883. The van der Waals surface area contributed by atoms with E-state index in [0.717, 1.165) is 32.1 Å². The fourth-order valence-electron chi connectivity index (χ4n) is 4.79. The summed E-state index contributed by atoms with van der Waals surface area (Å²) in [6.07, 6.45) is 4.84. The molecule has 2 aliphatic heterocycles. The molecule has 0 aromatic heterocycles. The van der Waals surface area contributed by atoms with Gasteiger partial charge in [0.05, 0.1) is 13.7 Å². The number of nitrogens with zero attached hydrogens (tertiary/aromatic N) is 1. The van der Waals surface area contributed by atoms with Crippen molar-refractivity contribution in [3.05, 3.63) is 59.9 Å². The smallest absolute Gasteiger partial charge is 0.251 e. The normalized spacial score (nSPS) is 23.1. The lowest BCUT2D eigenvalue weighted by atomic mass is 9.81. The van der Waals surface area contributed by atoms with Gasteiger partial charge >= 0.3 is 0 Å². The number of anilines is 1. The summed E-state index contributed by atoms with van der Waals surface area (Å²) >= 11 is 0. The molecule has 0 radical (unpaired) electrons. The maximum Gasteiger partial charge on any atom is 0.251 e. The van der Waals surface area contributed by atoms with Crippen molar-refractivity contribution >= 4 is 17.5 Å². The topological polar surface area (TPSA) is 70.7 Å². The third-order valence-corrected chi connectivity index (χ3v) is 6.25. The van der Waals surface area contributed by atoms with E-state index in [9.17, 15) is 14.0 Å². The fourth-order valence-corrected chi connectivity index (χ4v) is 4.79. The number of methoxy groups -OCH3 is 1. The lowest BCUT2D eigenvalue weighted by molar-refractivity contribution is -0.120. The van der Waals surface area contributed by atoms with Crippen LogP contribution in [0, 0.1) is 5.82 Å². The quantitative estimate of drug-likeness (QED) is 0.742. The molecule has 7 heteroatoms. The van der Waals surface area contributed by atoms with E-state index >= 15 is 0 Å². The van der Waals surface area contributed by atoms with Crippen LogP contribution in [0.4, 0.5) is 10.1 Å². The van der Waals surface area contributed by atoms with Crippen LogP contribution in [-0.2, 0) is 4.79 Å². The van der Waals surface area contributed by atoms with Crippen molar-refractivity contribution in [2.45, 2.75) is 50.2 Å². The third-order valence-electron chi connectivity index (χ3n) is 6.25. The minimum Gasteiger partial charge on any atom is -0.497 e. The second kappa shape index (κ2) is 9.47. The van der Waals surface area contributed by atoms with Crippen LogP contribution in [0.1, 0.15) is 42.5 Å². The predicted molar refractivity (Wildman–Crippen MR) is 117 cm³/mol. The number of nitrogens with one attached hydrogen (secondary N) is 2. The van der Waals surface area contributed by atoms with Crippen LogP contribution < -0.4 is 15.4 Å². The molecule has 2 atom stereocenters. The van der Waals surface area contributed by atoms with Crippen molar-refractivity contribution in [2.75, 3.05) is 19.0 Å². The highest BCUT2D eigenvalue weighted by atomic mass is 19.1. The molecule has 0 aliphatic carbocycles. The molecule has 2 saturated heterocycles. The molecule has 2 aliphatic rings. The Bertz CT molecular complexity index is 920. The van der Waals surface area contributed by atoms with Crippen molar-refractivity contribution in [1.29, 1.82) is 0 Å². The maximum atomic E-state index is 13.1. The number of carbonyl (C=O) groups excluding carboxylic acids is 2. The number of carbonyl (C=O) groups is 2. The Morgan fingerprint density at radius 3 is 2.48 bits per heavy atom. The van der Waals surface area contributed by atoms with Crippen LogP contribution >= 0.6 is 0 Å². The first-order chi connectivity index (χ1) is 15.0. The Balaban J connectivity index is 1.35. The van der Waals surface area contributed by atoms with Crippen LogP contribution in [0.5, 0.6) is 5.75 Å². The van der Waals surface area contributed by atoms with Crippen molar-refractivity contribution in [1.82, 2.24) is 10.2 Å². The Hall–Kier alpha value is -2.93. The van der Waals surface area contributed by atoms with Crippen molar-refractivity contribution in [3.8, 4) is 5.75 Å². The number of ether oxygens (including phenoxy) is 1. The standard InChI is InChI=1S/C24H28FN3O3/c1-31-22-7-2-4-16(12-22)24(30)27-19-13-20-5-3-6-21(14-19)28(20)15-23(29)26-18-10-8-17(25)9-11-18/h2,4,7-12,19-21H,3,5-6,13-15H2,1H3,(H,26,29)(H,27,30). The van der Waals surface area contributed by atoms with Crippen LogP contribution in [0.3, 0.4) is 0 Å². The van der Waals surface area contributed by atoms with E-state index in [1.807, 2.05) is 12.1 Å². The molecule has 2 N–H and O–H groups in total. The highest BCUT2D eigenvalue weighted by Crippen LogP contribution is 2.34. The molecular weight excluding hydrogens is 397 g/mol. The third kappa shape index (κ3) is 5.22. The Kier molecular flexibility index (Phi) is 6.51. The number of piperidine rings is 2. The van der Waals surface area contributed by atoms with E-state index in [-0.39, 0.29) is 35.8 Å². The summed E-state index contributed by atoms with van der Waals surface area (Å²) in [5.74, 6) is 0.143. The van der Waals surface area contributed by atoms with E-state index in [0.29, 0.717) is 23.5 Å². The number of hydrogen-bond donors (Lipinski definition) is 2. The van der Waals surface area contributed by atoms with E-state index in [1.165, 1.54) is 12.1 Å². The van der Waals surface area contributed by atoms with Gasteiger partial charge in [0, 0.05) is 29.4 Å². The molecule has 2 amide bonds. The summed E-state index contributed by atoms with van der Waals surface area (Å²) in [5.41, 5.74) is 1.18. The highest BCUT2D eigenvalue weighted by molar-refractivity contribution is 5.95. The maximum absolute atomic E-state index is 13.1. The molecule has 164 valence electrons. The first-order valence-corrected chi connectivity index (χ1v) is 10.8. The van der Waals surface area contributed by atoms with Crippen LogP contribution in [0.2, 0.25) is 0 Å². The average molecular weight is 426 g/mol. The van der Waals surface area contributed by atoms with Crippen LogP contribution in [-0.4, -0.2) is 48.5 Å². The minimum atomic E-state index is -0.328. The molecule has 2 unspecified atom stereocenters. The Morgan fingerprint density at radius 2 is 1.81 bits per heavy atom. The monoisotopic (exact) mass is 425 g/mol. The molecule has 4 rings (SSSR count). The number of fused-ring (bicyclic) bond motifs is 2. The number of rotatable bonds is 6. The van der Waals surface area contributed by atoms with E-state index in [1.54, 1.807) is 31.4 Å². The molecule has 2 aromatic carbocycles. The summed E-state index contributed by atoms with van der Waals surface area (Å²) in [6.45, 7) is 0.309. The van der Waals surface area contributed by atoms with E-state index < -0.39 is 0 Å². The van der Waals surface area contributed by atoms with Gasteiger partial charge in [0.2, 0.25) is 5.91 Å². The van der Waals surface area contributed by atoms with Gasteiger partial charge in [0.1, 0.15) is 11.6 Å². The molecule has 2 aromatic rings. The van der Waals surface area contributed by atoms with Gasteiger partial charge in [-0.15, -0.1) is 0 Å². The SMILES string of the molecule is COc1cccc(C(=O)NC2CC3CCCC(C2)N3CC(=O)Nc2ccc(F)cc2)c1. The molecule has 0 saturated carbocycles. The lowest BCUT2D eigenvalue weighted by Gasteiger charge is -2.48. The Morgan fingerprint density at radius 1 is 1.10 bits per heavy atom. The molecule has 0 spiro atoms. The first-order valence-electron chi connectivity index (χ1n) is 10.8. The van der Waals surface area contributed by atoms with Gasteiger partial charge in [0.15, 0.2) is 0 Å². The van der Waals surface area contributed by atoms with Gasteiger partial charge in [-0.25, -0.2) is 4.39 Å². The largest absolute Gasteiger partial charge is 0.497 e. The van der Waals surface area contributed by atoms with Crippen LogP contribution in [0.15, 0.2) is 48.5 Å². The van der Waals surface area contributed by atoms with Gasteiger partial charge in [0.25, 0.3) is 5.91 Å². The first kappa shape index (κ1) is 21.3. The second-order valence-electron chi connectivity index (χ2n) is 8.34. The van der Waals surface area contributed by atoms with Gasteiger partial charge < -0.3 is 15.4 Å². The molecular formula is C24H28FN3O3. The van der Waals surface area contributed by atoms with Crippen LogP contribution in [0.25, 0.3) is 0 Å². The van der Waals surface area contributed by atoms with E-state index in [4.69, 9.17) is 4.74 Å².